The molecule has 0 fully saturated rings. The first-order chi connectivity index (χ1) is 39.5. The largest absolute Gasteiger partial charge is 0.462 e. The van der Waals surface area contributed by atoms with E-state index in [1.54, 1.807) is 0 Å². The van der Waals surface area contributed by atoms with Gasteiger partial charge < -0.3 is 14.2 Å². The smallest absolute Gasteiger partial charge is 0.306 e. The Kier molecular flexibility index (Phi) is 64.7. The van der Waals surface area contributed by atoms with Crippen LogP contribution in [-0.4, -0.2) is 37.2 Å². The van der Waals surface area contributed by atoms with Crippen LogP contribution in [0.15, 0.2) is 97.2 Å². The molecular formula is C74H128O6. The number of carbonyl (C=O) groups excluding carboxylic acids is 3. The third-order valence-electron chi connectivity index (χ3n) is 14.8. The highest BCUT2D eigenvalue weighted by molar-refractivity contribution is 5.71. The van der Waals surface area contributed by atoms with Crippen LogP contribution >= 0.6 is 0 Å². The lowest BCUT2D eigenvalue weighted by molar-refractivity contribution is -0.167. The van der Waals surface area contributed by atoms with Crippen LogP contribution < -0.4 is 0 Å². The molecule has 0 radical (unpaired) electrons. The van der Waals surface area contributed by atoms with E-state index in [1.807, 2.05) is 0 Å². The van der Waals surface area contributed by atoms with E-state index in [0.29, 0.717) is 19.3 Å². The van der Waals surface area contributed by atoms with Crippen molar-refractivity contribution < 1.29 is 28.6 Å². The van der Waals surface area contributed by atoms with E-state index in [9.17, 15) is 14.4 Å². The number of carbonyl (C=O) groups is 3. The monoisotopic (exact) mass is 1110 g/mol. The fourth-order valence-corrected chi connectivity index (χ4v) is 9.71. The maximum atomic E-state index is 12.9. The molecule has 0 N–H and O–H groups in total. The maximum Gasteiger partial charge on any atom is 0.306 e. The van der Waals surface area contributed by atoms with E-state index in [-0.39, 0.29) is 31.1 Å². The highest BCUT2D eigenvalue weighted by Gasteiger charge is 2.19. The molecule has 0 amide bonds. The standard InChI is InChI=1S/C74H128O6/c1-4-7-10-13-16-19-22-25-28-31-34-36-38-40-43-46-49-52-55-58-61-64-67-73(76)79-70-71(69-78-72(75)66-63-60-57-54-51-48-45-42-39-33-30-27-24-21-18-15-12-9-6-3)80-74(77)68-65-62-59-56-53-50-47-44-41-37-35-32-29-26-23-20-17-14-11-8-5-2/h9,12,18,21,23,26-27,30,32,35,39,41-42,44,48,51,71H,4-8,10-11,13-17,19-20,22,24-25,28-29,31,33-34,36-38,40,43,45-47,49-50,52-70H2,1-3H3/b12-9-,21-18-,26-23-,30-27-,35-32-,42-39-,44-41-,51-48-. The van der Waals surface area contributed by atoms with Crippen molar-refractivity contribution in [1.82, 2.24) is 0 Å². The number of unbranched alkanes of at least 4 members (excludes halogenated alkanes) is 35. The van der Waals surface area contributed by atoms with E-state index < -0.39 is 6.10 Å². The molecule has 0 aromatic rings. The number of rotatable bonds is 62. The second kappa shape index (κ2) is 67.8. The van der Waals surface area contributed by atoms with Crippen LogP contribution in [0.2, 0.25) is 0 Å². The zero-order valence-corrected chi connectivity index (χ0v) is 52.8. The van der Waals surface area contributed by atoms with Gasteiger partial charge >= 0.3 is 17.9 Å². The molecule has 0 saturated carbocycles. The summed E-state index contributed by atoms with van der Waals surface area (Å²) >= 11 is 0. The molecule has 0 spiro atoms. The minimum Gasteiger partial charge on any atom is -0.462 e. The molecule has 0 aliphatic carbocycles. The first-order valence-corrected chi connectivity index (χ1v) is 34.2. The van der Waals surface area contributed by atoms with Gasteiger partial charge in [0.2, 0.25) is 0 Å². The number of ether oxygens (including phenoxy) is 3. The molecule has 0 bridgehead atoms. The first kappa shape index (κ1) is 76.3. The second-order valence-corrected chi connectivity index (χ2v) is 22.7. The van der Waals surface area contributed by atoms with Crippen molar-refractivity contribution in [2.45, 2.75) is 341 Å². The fourth-order valence-electron chi connectivity index (χ4n) is 9.71. The van der Waals surface area contributed by atoms with Gasteiger partial charge in [-0.3, -0.25) is 14.4 Å². The SMILES string of the molecule is CC/C=C\C/C=C\C/C=C\C/C=C\C/C=C\CCCCCC(=O)OCC(COC(=O)CCCCCCCCCCCCCCCCCCCCCCCC)OC(=O)CCCCCCCC/C=C\C/C=C\C/C=C\CCCCCCC. The van der Waals surface area contributed by atoms with Crippen molar-refractivity contribution >= 4 is 17.9 Å². The number of hydrogen-bond acceptors (Lipinski definition) is 6. The van der Waals surface area contributed by atoms with Crippen molar-refractivity contribution in [3.05, 3.63) is 97.2 Å². The van der Waals surface area contributed by atoms with E-state index in [0.717, 1.165) is 122 Å². The van der Waals surface area contributed by atoms with Gasteiger partial charge in [-0.1, -0.05) is 311 Å². The molecule has 6 nitrogen and oxygen atoms in total. The predicted octanol–water partition coefficient (Wildman–Crippen LogP) is 23.6. The lowest BCUT2D eigenvalue weighted by Crippen LogP contribution is -2.30. The Morgan fingerprint density at radius 3 is 0.775 bits per heavy atom. The third-order valence-corrected chi connectivity index (χ3v) is 14.8. The van der Waals surface area contributed by atoms with E-state index >= 15 is 0 Å². The van der Waals surface area contributed by atoms with Crippen molar-refractivity contribution in [3.63, 3.8) is 0 Å². The van der Waals surface area contributed by atoms with Crippen molar-refractivity contribution in [2.24, 2.45) is 0 Å². The zero-order chi connectivity index (χ0) is 57.8. The average molecular weight is 1110 g/mol. The van der Waals surface area contributed by atoms with Crippen molar-refractivity contribution in [3.8, 4) is 0 Å². The molecular weight excluding hydrogens is 985 g/mol. The molecule has 460 valence electrons. The Bertz CT molecular complexity index is 1560. The summed E-state index contributed by atoms with van der Waals surface area (Å²) in [6.07, 6.45) is 91.3. The Labute approximate surface area is 496 Å². The van der Waals surface area contributed by atoms with Gasteiger partial charge in [-0.05, 0) is 103 Å². The van der Waals surface area contributed by atoms with Gasteiger partial charge in [-0.15, -0.1) is 0 Å². The van der Waals surface area contributed by atoms with Crippen LogP contribution in [0.1, 0.15) is 335 Å². The molecule has 0 saturated heterocycles. The van der Waals surface area contributed by atoms with Crippen LogP contribution in [-0.2, 0) is 28.6 Å². The fraction of sp³-hybridized carbons (Fsp3) is 0.743. The van der Waals surface area contributed by atoms with E-state index in [1.165, 1.54) is 173 Å². The Morgan fingerprint density at radius 2 is 0.487 bits per heavy atom. The normalized spacial score (nSPS) is 12.7. The van der Waals surface area contributed by atoms with Gasteiger partial charge in [0.15, 0.2) is 6.10 Å². The van der Waals surface area contributed by atoms with Crippen LogP contribution in [0.5, 0.6) is 0 Å². The van der Waals surface area contributed by atoms with Crippen LogP contribution in [0.25, 0.3) is 0 Å². The molecule has 0 rings (SSSR count). The lowest BCUT2D eigenvalue weighted by Gasteiger charge is -2.18. The zero-order valence-electron chi connectivity index (χ0n) is 52.8. The lowest BCUT2D eigenvalue weighted by atomic mass is 10.0. The highest BCUT2D eigenvalue weighted by Crippen LogP contribution is 2.17. The Balaban J connectivity index is 4.43. The predicted molar refractivity (Wildman–Crippen MR) is 348 cm³/mol. The molecule has 0 heterocycles. The van der Waals surface area contributed by atoms with Crippen LogP contribution in [0.3, 0.4) is 0 Å². The summed E-state index contributed by atoms with van der Waals surface area (Å²) in [5.74, 6) is -0.923. The number of esters is 3. The number of hydrogen-bond donors (Lipinski definition) is 0. The van der Waals surface area contributed by atoms with Gasteiger partial charge in [0, 0.05) is 19.3 Å². The summed E-state index contributed by atoms with van der Waals surface area (Å²) in [7, 11) is 0. The summed E-state index contributed by atoms with van der Waals surface area (Å²) in [5.41, 5.74) is 0. The summed E-state index contributed by atoms with van der Waals surface area (Å²) in [4.78, 5) is 38.4. The van der Waals surface area contributed by atoms with E-state index in [4.69, 9.17) is 14.2 Å². The first-order valence-electron chi connectivity index (χ1n) is 34.2. The highest BCUT2D eigenvalue weighted by atomic mass is 16.6. The van der Waals surface area contributed by atoms with Crippen molar-refractivity contribution in [1.29, 1.82) is 0 Å². The minimum atomic E-state index is -0.800. The van der Waals surface area contributed by atoms with Crippen LogP contribution in [0.4, 0.5) is 0 Å². The molecule has 1 atom stereocenters. The molecule has 1 unspecified atom stereocenters. The van der Waals surface area contributed by atoms with Gasteiger partial charge in [0.25, 0.3) is 0 Å². The molecule has 0 aliphatic heterocycles. The summed E-state index contributed by atoms with van der Waals surface area (Å²) < 4.78 is 17.0. The van der Waals surface area contributed by atoms with Gasteiger partial charge in [-0.2, -0.15) is 0 Å². The van der Waals surface area contributed by atoms with Gasteiger partial charge in [-0.25, -0.2) is 0 Å². The molecule has 6 heteroatoms. The molecule has 0 aliphatic rings. The average Bonchev–Trinajstić information content (AvgIpc) is 3.46. The molecule has 80 heavy (non-hydrogen) atoms. The summed E-state index contributed by atoms with van der Waals surface area (Å²) in [6, 6.07) is 0. The van der Waals surface area contributed by atoms with Gasteiger partial charge in [0.05, 0.1) is 0 Å². The maximum absolute atomic E-state index is 12.9. The van der Waals surface area contributed by atoms with Crippen molar-refractivity contribution in [2.75, 3.05) is 13.2 Å². The van der Waals surface area contributed by atoms with E-state index in [2.05, 4.69) is 118 Å². The topological polar surface area (TPSA) is 78.9 Å². The number of allylic oxidation sites excluding steroid dienone is 16. The summed E-state index contributed by atoms with van der Waals surface area (Å²) in [5, 5.41) is 0. The van der Waals surface area contributed by atoms with Crippen LogP contribution in [0, 0.1) is 0 Å². The minimum absolute atomic E-state index is 0.0915. The second-order valence-electron chi connectivity index (χ2n) is 22.7. The summed E-state index contributed by atoms with van der Waals surface area (Å²) in [6.45, 7) is 6.52. The molecule has 0 aromatic carbocycles. The Morgan fingerprint density at radius 1 is 0.263 bits per heavy atom. The molecule has 0 aromatic heterocycles. The van der Waals surface area contributed by atoms with Gasteiger partial charge in [0.1, 0.15) is 13.2 Å². The third kappa shape index (κ3) is 65.1. The quantitative estimate of drug-likeness (QED) is 0.0261. The Hall–Kier alpha value is -3.67.